The highest BCUT2D eigenvalue weighted by atomic mass is 32.1. The highest BCUT2D eigenvalue weighted by Crippen LogP contribution is 2.24. The molecule has 5 rings (SSSR count). The van der Waals surface area contributed by atoms with E-state index in [0.29, 0.717) is 0 Å². The Bertz CT molecular complexity index is 1060. The second-order valence-corrected chi connectivity index (χ2v) is 7.83. The van der Waals surface area contributed by atoms with Crippen molar-refractivity contribution in [2.24, 2.45) is 0 Å². The lowest BCUT2D eigenvalue weighted by Gasteiger charge is -2.27. The van der Waals surface area contributed by atoms with E-state index in [0.717, 1.165) is 53.7 Å². The molecule has 6 heteroatoms. The molecule has 0 radical (unpaired) electrons. The summed E-state index contributed by atoms with van der Waals surface area (Å²) in [5, 5.41) is 2.06. The van der Waals surface area contributed by atoms with Gasteiger partial charge in [-0.1, -0.05) is 36.4 Å². The van der Waals surface area contributed by atoms with E-state index in [1.54, 1.807) is 11.3 Å². The lowest BCUT2D eigenvalue weighted by Crippen LogP contribution is -2.31. The van der Waals surface area contributed by atoms with Gasteiger partial charge in [0.15, 0.2) is 11.6 Å². The minimum atomic E-state index is 0.767. The van der Waals surface area contributed by atoms with Gasteiger partial charge in [0.2, 0.25) is 0 Å². The molecule has 4 heterocycles. The zero-order valence-corrected chi connectivity index (χ0v) is 16.1. The van der Waals surface area contributed by atoms with Crippen LogP contribution >= 0.6 is 11.3 Å². The van der Waals surface area contributed by atoms with Crippen LogP contribution in [-0.2, 0) is 19.5 Å². The van der Waals surface area contributed by atoms with Gasteiger partial charge in [0.1, 0.15) is 0 Å². The van der Waals surface area contributed by atoms with E-state index >= 15 is 0 Å². The third-order valence-corrected chi connectivity index (χ3v) is 5.76. The Morgan fingerprint density at radius 2 is 1.71 bits per heavy atom. The first kappa shape index (κ1) is 17.2. The molecule has 3 aromatic heterocycles. The van der Waals surface area contributed by atoms with Crippen molar-refractivity contribution in [3.63, 3.8) is 0 Å². The monoisotopic (exact) mass is 385 g/mol. The van der Waals surface area contributed by atoms with E-state index in [4.69, 9.17) is 4.98 Å². The van der Waals surface area contributed by atoms with Gasteiger partial charge in [-0.3, -0.25) is 4.90 Å². The number of thiophene rings is 1. The van der Waals surface area contributed by atoms with Gasteiger partial charge in [-0.05, 0) is 11.4 Å². The van der Waals surface area contributed by atoms with E-state index < -0.39 is 0 Å². The molecule has 0 fully saturated rings. The molecule has 0 aliphatic carbocycles. The van der Waals surface area contributed by atoms with Crippen LogP contribution in [0.4, 0.5) is 0 Å². The van der Waals surface area contributed by atoms with E-state index in [1.807, 2.05) is 55.0 Å². The third kappa shape index (κ3) is 3.56. The van der Waals surface area contributed by atoms with Crippen molar-refractivity contribution >= 4 is 11.3 Å². The number of nitrogens with zero attached hydrogens (tertiary/aromatic N) is 5. The maximum absolute atomic E-state index is 4.79. The highest BCUT2D eigenvalue weighted by Gasteiger charge is 2.19. The molecule has 138 valence electrons. The third-order valence-electron chi connectivity index (χ3n) is 4.90. The summed E-state index contributed by atoms with van der Waals surface area (Å²) in [6.07, 6.45) is 6.79. The van der Waals surface area contributed by atoms with Crippen LogP contribution in [0.15, 0.2) is 66.4 Å². The normalized spacial score (nSPS) is 14.0. The quantitative estimate of drug-likeness (QED) is 0.526. The largest absolute Gasteiger partial charge is 0.294 e. The Hall–Kier alpha value is -2.96. The lowest BCUT2D eigenvalue weighted by molar-refractivity contribution is 0.242. The number of aromatic nitrogens is 4. The molecular formula is C22H19N5S. The first-order valence-corrected chi connectivity index (χ1v) is 10.2. The van der Waals surface area contributed by atoms with Crippen molar-refractivity contribution < 1.29 is 0 Å². The zero-order valence-electron chi connectivity index (χ0n) is 15.3. The van der Waals surface area contributed by atoms with Crippen LogP contribution in [0.1, 0.15) is 16.8 Å². The average Bonchev–Trinajstić information content (AvgIpc) is 3.30. The summed E-state index contributed by atoms with van der Waals surface area (Å²) in [6.45, 7) is 2.68. The Labute approximate surface area is 167 Å². The van der Waals surface area contributed by atoms with Crippen molar-refractivity contribution in [2.75, 3.05) is 6.54 Å². The van der Waals surface area contributed by atoms with E-state index in [1.165, 1.54) is 11.3 Å². The topological polar surface area (TPSA) is 54.8 Å². The molecule has 0 N–H and O–H groups in total. The molecule has 4 aromatic rings. The smallest absolute Gasteiger partial charge is 0.169 e. The predicted molar refractivity (Wildman–Crippen MR) is 111 cm³/mol. The summed E-state index contributed by atoms with van der Waals surface area (Å²) < 4.78 is 0. The molecule has 1 aromatic carbocycles. The van der Waals surface area contributed by atoms with Crippen LogP contribution in [0, 0.1) is 0 Å². The van der Waals surface area contributed by atoms with Gasteiger partial charge in [0, 0.05) is 61.3 Å². The van der Waals surface area contributed by atoms with Gasteiger partial charge in [-0.15, -0.1) is 11.3 Å². The second-order valence-electron chi connectivity index (χ2n) is 6.88. The van der Waals surface area contributed by atoms with E-state index in [2.05, 4.69) is 31.3 Å². The van der Waals surface area contributed by atoms with Gasteiger partial charge >= 0.3 is 0 Å². The maximum Gasteiger partial charge on any atom is 0.169 e. The molecule has 0 spiro atoms. The summed E-state index contributed by atoms with van der Waals surface area (Å²) in [5.74, 6) is 1.61. The van der Waals surface area contributed by atoms with Crippen molar-refractivity contribution in [3.8, 4) is 22.1 Å². The standard InChI is InChI=1S/C22H19N5S/c1-2-5-17(6-3-1)21-23-11-16(12-24-21)14-27-9-8-19-18(15-27)13-25-22(26-19)20-7-4-10-28-20/h1-7,10-13H,8-9,14-15H2. The summed E-state index contributed by atoms with van der Waals surface area (Å²) in [7, 11) is 0. The minimum Gasteiger partial charge on any atom is -0.294 e. The molecule has 0 saturated heterocycles. The molecule has 0 saturated carbocycles. The van der Waals surface area contributed by atoms with Gasteiger partial charge in [0.25, 0.3) is 0 Å². The van der Waals surface area contributed by atoms with E-state index in [-0.39, 0.29) is 0 Å². The molecular weight excluding hydrogens is 366 g/mol. The van der Waals surface area contributed by atoms with Gasteiger partial charge in [0.05, 0.1) is 10.6 Å². The summed E-state index contributed by atoms with van der Waals surface area (Å²) in [5.41, 5.74) is 4.55. The Morgan fingerprint density at radius 3 is 2.50 bits per heavy atom. The minimum absolute atomic E-state index is 0.767. The lowest BCUT2D eigenvalue weighted by atomic mass is 10.1. The Kier molecular flexibility index (Phi) is 4.64. The molecule has 0 bridgehead atoms. The summed E-state index contributed by atoms with van der Waals surface area (Å²) in [4.78, 5) is 22.0. The van der Waals surface area contributed by atoms with Gasteiger partial charge in [-0.2, -0.15) is 0 Å². The fourth-order valence-corrected chi connectivity index (χ4v) is 4.13. The van der Waals surface area contributed by atoms with Gasteiger partial charge in [-0.25, -0.2) is 19.9 Å². The Balaban J connectivity index is 1.28. The number of hydrogen-bond acceptors (Lipinski definition) is 6. The van der Waals surface area contributed by atoms with Crippen molar-refractivity contribution in [1.82, 2.24) is 24.8 Å². The maximum atomic E-state index is 4.79. The molecule has 0 amide bonds. The van der Waals surface area contributed by atoms with Crippen LogP contribution in [0.3, 0.4) is 0 Å². The van der Waals surface area contributed by atoms with E-state index in [9.17, 15) is 0 Å². The number of hydrogen-bond donors (Lipinski definition) is 0. The van der Waals surface area contributed by atoms with Crippen LogP contribution in [-0.4, -0.2) is 31.4 Å². The Morgan fingerprint density at radius 1 is 0.893 bits per heavy atom. The van der Waals surface area contributed by atoms with Crippen LogP contribution in [0.2, 0.25) is 0 Å². The van der Waals surface area contributed by atoms with Gasteiger partial charge < -0.3 is 0 Å². The van der Waals surface area contributed by atoms with Crippen molar-refractivity contribution in [2.45, 2.75) is 19.5 Å². The molecule has 5 nitrogen and oxygen atoms in total. The fourth-order valence-electron chi connectivity index (χ4n) is 3.46. The van der Waals surface area contributed by atoms with Crippen molar-refractivity contribution in [3.05, 3.63) is 83.3 Å². The summed E-state index contributed by atoms with van der Waals surface area (Å²) in [6, 6.07) is 14.2. The van der Waals surface area contributed by atoms with Crippen LogP contribution < -0.4 is 0 Å². The number of fused-ring (bicyclic) bond motifs is 1. The van der Waals surface area contributed by atoms with Crippen LogP contribution in [0.5, 0.6) is 0 Å². The second kappa shape index (κ2) is 7.58. The molecule has 28 heavy (non-hydrogen) atoms. The SMILES string of the molecule is c1ccc(-c2ncc(CN3CCc4nc(-c5cccs5)ncc4C3)cn2)cc1. The first-order chi connectivity index (χ1) is 13.8. The fraction of sp³-hybridized carbons (Fsp3) is 0.182. The van der Waals surface area contributed by atoms with Crippen molar-refractivity contribution in [1.29, 1.82) is 0 Å². The number of benzene rings is 1. The highest BCUT2D eigenvalue weighted by molar-refractivity contribution is 7.13. The molecule has 0 atom stereocenters. The molecule has 1 aliphatic heterocycles. The molecule has 0 unspecified atom stereocenters. The number of rotatable bonds is 4. The average molecular weight is 385 g/mol. The molecule has 1 aliphatic rings. The summed E-state index contributed by atoms with van der Waals surface area (Å²) >= 11 is 1.68. The van der Waals surface area contributed by atoms with Crippen LogP contribution in [0.25, 0.3) is 22.1 Å². The predicted octanol–water partition coefficient (Wildman–Crippen LogP) is 4.22. The first-order valence-electron chi connectivity index (χ1n) is 9.32. The zero-order chi connectivity index (χ0) is 18.8.